The molecule has 9 heteroatoms. The van der Waals surface area contributed by atoms with Gasteiger partial charge in [0.15, 0.2) is 5.82 Å². The Kier molecular flexibility index (Phi) is 5.90. The van der Waals surface area contributed by atoms with Crippen molar-refractivity contribution in [2.24, 2.45) is 0 Å². The van der Waals surface area contributed by atoms with Crippen LogP contribution in [-0.2, 0) is 22.6 Å². The van der Waals surface area contributed by atoms with Gasteiger partial charge in [-0.15, -0.1) is 0 Å². The first kappa shape index (κ1) is 18.3. The minimum Gasteiger partial charge on any atom is -0.381 e. The highest BCUT2D eigenvalue weighted by atomic mass is 16.5. The molecule has 1 atom stereocenters. The summed E-state index contributed by atoms with van der Waals surface area (Å²) in [5, 5.41) is 4.17. The Hall–Kier alpha value is -2.10. The molecular formula is C18H27N7O2. The number of anilines is 1. The van der Waals surface area contributed by atoms with Gasteiger partial charge < -0.3 is 14.4 Å². The topological polar surface area (TPSA) is 81.4 Å². The number of hydrogen-bond donors (Lipinski definition) is 0. The Bertz CT molecular complexity index is 711. The second-order valence-electron chi connectivity index (χ2n) is 7.05. The summed E-state index contributed by atoms with van der Waals surface area (Å²) in [5.74, 6) is 2.13. The zero-order valence-corrected chi connectivity index (χ0v) is 15.8. The molecule has 2 aliphatic heterocycles. The Morgan fingerprint density at radius 3 is 2.78 bits per heavy atom. The maximum absolute atomic E-state index is 5.54. The van der Waals surface area contributed by atoms with Crippen molar-refractivity contribution in [3.05, 3.63) is 30.2 Å². The van der Waals surface area contributed by atoms with E-state index in [9.17, 15) is 0 Å². The van der Waals surface area contributed by atoms with Crippen molar-refractivity contribution in [2.75, 3.05) is 57.9 Å². The Labute approximate surface area is 159 Å². The van der Waals surface area contributed by atoms with E-state index in [1.165, 1.54) is 0 Å². The highest BCUT2D eigenvalue weighted by Crippen LogP contribution is 2.26. The molecule has 0 aliphatic carbocycles. The van der Waals surface area contributed by atoms with Gasteiger partial charge in [-0.25, -0.2) is 15.0 Å². The minimum absolute atomic E-state index is 0.367. The third kappa shape index (κ3) is 4.60. The summed E-state index contributed by atoms with van der Waals surface area (Å²) in [6.45, 7) is 7.81. The molecule has 0 bridgehead atoms. The number of hydrogen-bond acceptors (Lipinski definition) is 8. The normalized spacial score (nSPS) is 21.1. The smallest absolute Gasteiger partial charge is 0.156 e. The lowest BCUT2D eigenvalue weighted by atomic mass is 10.0. The van der Waals surface area contributed by atoms with Crippen LogP contribution in [0.15, 0.2) is 18.7 Å². The van der Waals surface area contributed by atoms with Gasteiger partial charge in [-0.2, -0.15) is 5.10 Å². The van der Waals surface area contributed by atoms with Gasteiger partial charge >= 0.3 is 0 Å². The van der Waals surface area contributed by atoms with Crippen molar-refractivity contribution in [3.63, 3.8) is 0 Å². The average Bonchev–Trinajstić information content (AvgIpc) is 3.41. The second kappa shape index (κ2) is 8.73. The minimum atomic E-state index is 0.367. The van der Waals surface area contributed by atoms with Gasteiger partial charge in [-0.3, -0.25) is 9.58 Å². The molecule has 27 heavy (non-hydrogen) atoms. The van der Waals surface area contributed by atoms with Gasteiger partial charge in [0.2, 0.25) is 0 Å². The van der Waals surface area contributed by atoms with Gasteiger partial charge in [-0.05, 0) is 6.42 Å². The van der Waals surface area contributed by atoms with E-state index in [4.69, 9.17) is 19.4 Å². The number of methoxy groups -OCH3 is 1. The van der Waals surface area contributed by atoms with Gasteiger partial charge in [0.05, 0.1) is 18.8 Å². The third-order valence-corrected chi connectivity index (χ3v) is 5.21. The first-order chi connectivity index (χ1) is 13.3. The number of aromatic nitrogens is 5. The molecule has 2 aromatic rings. The SMILES string of the molecule is COCc1nc(C2CCOC2)cc(N2CCN(CCn3cncn3)CC2)n1. The molecule has 2 fully saturated rings. The summed E-state index contributed by atoms with van der Waals surface area (Å²) in [4.78, 5) is 18.2. The van der Waals surface area contributed by atoms with Crippen LogP contribution in [0.1, 0.15) is 23.9 Å². The maximum Gasteiger partial charge on any atom is 0.156 e. The first-order valence-electron chi connectivity index (χ1n) is 9.56. The Morgan fingerprint density at radius 2 is 2.07 bits per heavy atom. The fourth-order valence-corrected chi connectivity index (χ4v) is 3.63. The molecular weight excluding hydrogens is 346 g/mol. The lowest BCUT2D eigenvalue weighted by molar-refractivity contribution is 0.177. The summed E-state index contributed by atoms with van der Waals surface area (Å²) < 4.78 is 12.7. The van der Waals surface area contributed by atoms with E-state index < -0.39 is 0 Å². The van der Waals surface area contributed by atoms with Crippen LogP contribution in [0.5, 0.6) is 0 Å². The molecule has 1 unspecified atom stereocenters. The lowest BCUT2D eigenvalue weighted by Gasteiger charge is -2.35. The first-order valence-corrected chi connectivity index (χ1v) is 9.56. The number of rotatable bonds is 7. The second-order valence-corrected chi connectivity index (χ2v) is 7.05. The van der Waals surface area contributed by atoms with E-state index in [2.05, 4.69) is 25.9 Å². The van der Waals surface area contributed by atoms with E-state index in [1.807, 2.05) is 4.68 Å². The van der Waals surface area contributed by atoms with Crippen LogP contribution < -0.4 is 4.90 Å². The fourth-order valence-electron chi connectivity index (χ4n) is 3.63. The summed E-state index contributed by atoms with van der Waals surface area (Å²) in [5.41, 5.74) is 1.08. The lowest BCUT2D eigenvalue weighted by Crippen LogP contribution is -2.47. The average molecular weight is 373 g/mol. The maximum atomic E-state index is 5.54. The summed E-state index contributed by atoms with van der Waals surface area (Å²) >= 11 is 0. The van der Waals surface area contributed by atoms with Crippen LogP contribution in [0.2, 0.25) is 0 Å². The van der Waals surface area contributed by atoms with E-state index >= 15 is 0 Å². The molecule has 4 heterocycles. The molecule has 4 rings (SSSR count). The van der Waals surface area contributed by atoms with E-state index in [-0.39, 0.29) is 0 Å². The van der Waals surface area contributed by atoms with Crippen LogP contribution in [0.4, 0.5) is 5.82 Å². The predicted octanol–water partition coefficient (Wildman–Crippen LogP) is 0.541. The summed E-state index contributed by atoms with van der Waals surface area (Å²) in [7, 11) is 1.68. The number of ether oxygens (including phenoxy) is 2. The largest absolute Gasteiger partial charge is 0.381 e. The fraction of sp³-hybridized carbons (Fsp3) is 0.667. The van der Waals surface area contributed by atoms with E-state index in [0.29, 0.717) is 12.5 Å². The van der Waals surface area contributed by atoms with E-state index in [1.54, 1.807) is 19.8 Å². The molecule has 0 saturated carbocycles. The monoisotopic (exact) mass is 373 g/mol. The van der Waals surface area contributed by atoms with Crippen LogP contribution in [-0.4, -0.2) is 82.7 Å². The number of nitrogens with zero attached hydrogens (tertiary/aromatic N) is 7. The molecule has 0 radical (unpaired) electrons. The van der Waals surface area contributed by atoms with Crippen molar-refractivity contribution in [3.8, 4) is 0 Å². The van der Waals surface area contributed by atoms with Crippen molar-refractivity contribution in [2.45, 2.75) is 25.5 Å². The molecule has 2 aromatic heterocycles. The van der Waals surface area contributed by atoms with Crippen molar-refractivity contribution < 1.29 is 9.47 Å². The highest BCUT2D eigenvalue weighted by molar-refractivity contribution is 5.41. The standard InChI is InChI=1S/C18H27N7O2/c1-26-12-17-21-16(15-2-9-27-11-15)10-18(22-17)24-6-3-23(4-7-24)5-8-25-14-19-13-20-25/h10,13-15H,2-9,11-12H2,1H3. The molecule has 0 N–H and O–H groups in total. The van der Waals surface area contributed by atoms with Crippen molar-refractivity contribution >= 4 is 5.82 Å². The zero-order chi connectivity index (χ0) is 18.5. The van der Waals surface area contributed by atoms with Crippen LogP contribution in [0.3, 0.4) is 0 Å². The van der Waals surface area contributed by atoms with Gasteiger partial charge in [-0.1, -0.05) is 0 Å². The van der Waals surface area contributed by atoms with E-state index in [0.717, 1.165) is 76.2 Å². The highest BCUT2D eigenvalue weighted by Gasteiger charge is 2.23. The molecule has 9 nitrogen and oxygen atoms in total. The predicted molar refractivity (Wildman–Crippen MR) is 99.6 cm³/mol. The molecule has 2 saturated heterocycles. The quantitative estimate of drug-likeness (QED) is 0.696. The van der Waals surface area contributed by atoms with Crippen molar-refractivity contribution in [1.82, 2.24) is 29.6 Å². The van der Waals surface area contributed by atoms with Crippen molar-refractivity contribution in [1.29, 1.82) is 0 Å². The summed E-state index contributed by atoms with van der Waals surface area (Å²) in [6.07, 6.45) is 4.37. The molecule has 146 valence electrons. The van der Waals surface area contributed by atoms with Gasteiger partial charge in [0.25, 0.3) is 0 Å². The number of piperazine rings is 1. The molecule has 0 amide bonds. The summed E-state index contributed by atoms with van der Waals surface area (Å²) in [6, 6.07) is 2.14. The zero-order valence-electron chi connectivity index (χ0n) is 15.8. The van der Waals surface area contributed by atoms with Crippen LogP contribution in [0, 0.1) is 0 Å². The molecule has 0 spiro atoms. The van der Waals surface area contributed by atoms with Crippen LogP contribution >= 0.6 is 0 Å². The Morgan fingerprint density at radius 1 is 1.19 bits per heavy atom. The third-order valence-electron chi connectivity index (χ3n) is 5.21. The van der Waals surface area contributed by atoms with Crippen LogP contribution in [0.25, 0.3) is 0 Å². The van der Waals surface area contributed by atoms with Gasteiger partial charge in [0, 0.05) is 58.4 Å². The Balaban J connectivity index is 1.39. The van der Waals surface area contributed by atoms with Gasteiger partial charge in [0.1, 0.15) is 25.1 Å². The molecule has 0 aromatic carbocycles. The molecule has 2 aliphatic rings.